The van der Waals surface area contributed by atoms with Gasteiger partial charge in [0.15, 0.2) is 0 Å². The molecule has 5 nitrogen and oxygen atoms in total. The summed E-state index contributed by atoms with van der Waals surface area (Å²) in [6, 6.07) is 23.7. The molecule has 2 aromatic carbocycles. The normalized spacial score (nSPS) is 10.7. The summed E-state index contributed by atoms with van der Waals surface area (Å²) in [5.74, 6) is 0.748. The Morgan fingerprint density at radius 3 is 2.42 bits per heavy atom. The molecule has 0 aliphatic heterocycles. The second-order valence-electron chi connectivity index (χ2n) is 7.39. The predicted molar refractivity (Wildman–Crippen MR) is 130 cm³/mol. The molecule has 0 bridgehead atoms. The van der Waals surface area contributed by atoms with E-state index in [0.29, 0.717) is 6.61 Å². The average Bonchev–Trinajstić information content (AvgIpc) is 3.28. The lowest BCUT2D eigenvalue weighted by Crippen LogP contribution is -2.00. The van der Waals surface area contributed by atoms with E-state index in [1.54, 1.807) is 17.1 Å². The summed E-state index contributed by atoms with van der Waals surface area (Å²) in [6.45, 7) is 0.141. The van der Waals surface area contributed by atoms with Crippen LogP contribution in [0.5, 0.6) is 5.75 Å². The van der Waals surface area contributed by atoms with E-state index in [0.717, 1.165) is 44.7 Å². The molecule has 5 rings (SSSR count). The van der Waals surface area contributed by atoms with Crippen LogP contribution in [-0.2, 0) is 13.2 Å². The van der Waals surface area contributed by atoms with Crippen molar-refractivity contribution in [2.75, 3.05) is 6.67 Å². The van der Waals surface area contributed by atoms with E-state index in [1.165, 1.54) is 0 Å². The third-order valence-electron chi connectivity index (χ3n) is 5.24. The third kappa shape index (κ3) is 4.90. The van der Waals surface area contributed by atoms with Crippen LogP contribution in [0, 0.1) is 0 Å². The number of ether oxygens (including phenoxy) is 1. The highest BCUT2D eigenvalue weighted by atomic mass is 19.1. The summed E-state index contributed by atoms with van der Waals surface area (Å²) in [5.41, 5.74) is 5.49. The van der Waals surface area contributed by atoms with Gasteiger partial charge in [0, 0.05) is 35.1 Å². The van der Waals surface area contributed by atoms with E-state index in [2.05, 4.69) is 21.1 Å². The minimum Gasteiger partial charge on any atom is -0.487 e. The highest BCUT2D eigenvalue weighted by Crippen LogP contribution is 2.32. The maximum Gasteiger partial charge on any atom is 0.130 e. The van der Waals surface area contributed by atoms with E-state index in [9.17, 15) is 4.39 Å². The molecule has 33 heavy (non-hydrogen) atoms. The van der Waals surface area contributed by atoms with Crippen LogP contribution in [0.2, 0.25) is 0 Å². The Bertz CT molecular complexity index is 1330. The number of alkyl halides is 1. The third-order valence-corrected chi connectivity index (χ3v) is 5.24. The van der Waals surface area contributed by atoms with Crippen molar-refractivity contribution in [3.05, 3.63) is 97.1 Å². The van der Waals surface area contributed by atoms with Crippen LogP contribution in [0.25, 0.3) is 33.3 Å². The number of para-hydroxylation sites is 1. The Labute approximate surface area is 192 Å². The zero-order valence-electron chi connectivity index (χ0n) is 17.4. The number of halogens is 1. The molecule has 0 N–H and O–H groups in total. The van der Waals surface area contributed by atoms with Gasteiger partial charge in [0.25, 0.3) is 0 Å². The van der Waals surface area contributed by atoms with Crippen LogP contribution in [0.3, 0.4) is 0 Å². The molecule has 0 fully saturated rings. The first-order valence-electron chi connectivity index (χ1n) is 10.4. The SMILES string of the molecule is C.FCCn1cc(-c2ccncc2)c(-c2ccc(OCc3ccc4ccccc4n3)cc2)n1. The molecule has 0 atom stereocenters. The number of nitrogens with zero attached hydrogens (tertiary/aromatic N) is 4. The molecule has 0 aliphatic rings. The van der Waals surface area contributed by atoms with E-state index in [-0.39, 0.29) is 14.0 Å². The van der Waals surface area contributed by atoms with Crippen LogP contribution < -0.4 is 4.74 Å². The van der Waals surface area contributed by atoms with Crippen LogP contribution >= 0.6 is 0 Å². The van der Waals surface area contributed by atoms with E-state index in [4.69, 9.17) is 4.74 Å². The molecule has 0 radical (unpaired) electrons. The Hall–Kier alpha value is -4.06. The Kier molecular flexibility index (Phi) is 6.74. The predicted octanol–water partition coefficient (Wildman–Crippen LogP) is 6.34. The van der Waals surface area contributed by atoms with Crippen molar-refractivity contribution in [1.29, 1.82) is 0 Å². The Morgan fingerprint density at radius 1 is 0.848 bits per heavy atom. The highest BCUT2D eigenvalue weighted by Gasteiger charge is 2.13. The van der Waals surface area contributed by atoms with Gasteiger partial charge < -0.3 is 4.74 Å². The quantitative estimate of drug-likeness (QED) is 0.296. The molecule has 0 amide bonds. The molecule has 0 unspecified atom stereocenters. The van der Waals surface area contributed by atoms with Crippen molar-refractivity contribution in [2.24, 2.45) is 0 Å². The highest BCUT2D eigenvalue weighted by molar-refractivity contribution is 5.80. The van der Waals surface area contributed by atoms with Crippen LogP contribution in [0.15, 0.2) is 91.4 Å². The van der Waals surface area contributed by atoms with Crippen molar-refractivity contribution in [1.82, 2.24) is 19.7 Å². The zero-order valence-corrected chi connectivity index (χ0v) is 17.4. The topological polar surface area (TPSA) is 52.8 Å². The number of pyridine rings is 2. The van der Waals surface area contributed by atoms with Crippen LogP contribution in [-0.4, -0.2) is 26.4 Å². The summed E-state index contributed by atoms with van der Waals surface area (Å²) < 4.78 is 20.5. The second-order valence-corrected chi connectivity index (χ2v) is 7.39. The fourth-order valence-electron chi connectivity index (χ4n) is 3.63. The van der Waals surface area contributed by atoms with Crippen molar-refractivity contribution in [3.63, 3.8) is 0 Å². The monoisotopic (exact) mass is 440 g/mol. The average molecular weight is 441 g/mol. The van der Waals surface area contributed by atoms with Gasteiger partial charge >= 0.3 is 0 Å². The summed E-state index contributed by atoms with van der Waals surface area (Å²) in [5, 5.41) is 5.71. The van der Waals surface area contributed by atoms with Gasteiger partial charge in [-0.15, -0.1) is 0 Å². The number of rotatable bonds is 7. The molecule has 0 aliphatic carbocycles. The van der Waals surface area contributed by atoms with Crippen molar-refractivity contribution in [2.45, 2.75) is 20.6 Å². The molecule has 0 saturated heterocycles. The van der Waals surface area contributed by atoms with Gasteiger partial charge in [-0.05, 0) is 54.1 Å². The van der Waals surface area contributed by atoms with E-state index in [1.807, 2.05) is 72.9 Å². The molecular formula is C27H25FN4O. The summed E-state index contributed by atoms with van der Waals surface area (Å²) in [7, 11) is 0. The molecule has 0 spiro atoms. The van der Waals surface area contributed by atoms with Crippen molar-refractivity contribution >= 4 is 10.9 Å². The standard InChI is InChI=1S/C26H21FN4O.CH4/c27-13-16-31-17-24(19-11-14-28-15-12-19)26(30-31)21-6-9-23(10-7-21)32-18-22-8-5-20-3-1-2-4-25(20)29-22;/h1-12,14-15,17H,13,16,18H2;1H4. The van der Waals surface area contributed by atoms with Gasteiger partial charge in [-0.1, -0.05) is 31.7 Å². The van der Waals surface area contributed by atoms with Crippen molar-refractivity contribution in [3.8, 4) is 28.1 Å². The lowest BCUT2D eigenvalue weighted by atomic mass is 10.0. The number of fused-ring (bicyclic) bond motifs is 1. The number of aryl methyl sites for hydroxylation is 1. The molecule has 0 saturated carbocycles. The minimum absolute atomic E-state index is 0. The minimum atomic E-state index is -0.466. The molecule has 6 heteroatoms. The van der Waals surface area contributed by atoms with Crippen LogP contribution in [0.4, 0.5) is 4.39 Å². The van der Waals surface area contributed by atoms with E-state index >= 15 is 0 Å². The fraction of sp³-hybridized carbons (Fsp3) is 0.148. The zero-order chi connectivity index (χ0) is 21.8. The molecule has 166 valence electrons. The van der Waals surface area contributed by atoms with Gasteiger partial charge in [-0.25, -0.2) is 9.37 Å². The van der Waals surface area contributed by atoms with Gasteiger partial charge in [0.1, 0.15) is 24.7 Å². The summed E-state index contributed by atoms with van der Waals surface area (Å²) in [4.78, 5) is 8.73. The van der Waals surface area contributed by atoms with Gasteiger partial charge in [0.2, 0.25) is 0 Å². The molecule has 3 aromatic heterocycles. The lowest BCUT2D eigenvalue weighted by molar-refractivity contribution is 0.302. The Morgan fingerprint density at radius 2 is 1.64 bits per heavy atom. The van der Waals surface area contributed by atoms with E-state index < -0.39 is 6.67 Å². The smallest absolute Gasteiger partial charge is 0.130 e. The molecule has 5 aromatic rings. The van der Waals surface area contributed by atoms with Crippen LogP contribution in [0.1, 0.15) is 13.1 Å². The summed E-state index contributed by atoms with van der Waals surface area (Å²) >= 11 is 0. The molecular weight excluding hydrogens is 415 g/mol. The lowest BCUT2D eigenvalue weighted by Gasteiger charge is -2.08. The fourth-order valence-corrected chi connectivity index (χ4v) is 3.63. The van der Waals surface area contributed by atoms with Gasteiger partial charge in [-0.2, -0.15) is 5.10 Å². The van der Waals surface area contributed by atoms with Gasteiger partial charge in [-0.3, -0.25) is 9.67 Å². The first-order chi connectivity index (χ1) is 15.8. The largest absolute Gasteiger partial charge is 0.487 e. The Balaban J connectivity index is 0.00000259. The van der Waals surface area contributed by atoms with Crippen molar-refractivity contribution < 1.29 is 9.13 Å². The maximum absolute atomic E-state index is 12.9. The first kappa shape index (κ1) is 22.1. The second kappa shape index (κ2) is 10.0. The summed E-state index contributed by atoms with van der Waals surface area (Å²) in [6.07, 6.45) is 5.35. The maximum atomic E-state index is 12.9. The first-order valence-corrected chi connectivity index (χ1v) is 10.4. The molecule has 3 heterocycles. The number of benzene rings is 2. The number of aromatic nitrogens is 4. The number of hydrogen-bond acceptors (Lipinski definition) is 4. The number of hydrogen-bond donors (Lipinski definition) is 0. The van der Waals surface area contributed by atoms with Gasteiger partial charge in [0.05, 0.1) is 17.8 Å².